The molecule has 0 fully saturated rings. The molecule has 3 nitrogen and oxygen atoms in total. The molecule has 0 N–H and O–H groups in total. The molecular formula is C10H12Cl2N2O. The van der Waals surface area contributed by atoms with E-state index >= 15 is 0 Å². The van der Waals surface area contributed by atoms with Crippen LogP contribution in [0.3, 0.4) is 0 Å². The molecule has 1 unspecified atom stereocenters. The summed E-state index contributed by atoms with van der Waals surface area (Å²) in [5.41, 5.74) is 0.848. The van der Waals surface area contributed by atoms with E-state index in [1.54, 1.807) is 7.11 Å². The number of amidine groups is 1. The molecule has 0 saturated carbocycles. The molecule has 0 aromatic rings. The molecule has 0 aromatic carbocycles. The molecule has 15 heavy (non-hydrogen) atoms. The molecule has 1 rings (SSSR count). The number of nitrogens with zero attached hydrogens (tertiary/aromatic N) is 2. The predicted octanol–water partition coefficient (Wildman–Crippen LogP) is 2.75. The number of halogens is 2. The van der Waals surface area contributed by atoms with Crippen LogP contribution in [0.5, 0.6) is 0 Å². The maximum Gasteiger partial charge on any atom is 0.219 e. The van der Waals surface area contributed by atoms with Gasteiger partial charge in [-0.1, -0.05) is 29.8 Å². The standard InChI is InChI=1S/C10H12Cl2N2O/c1-7(15-2)4-3-5-8-6-13-10(12)14-9(8)11/h3-5,7H,6H2,1-2H3. The SMILES string of the molecule is COC(C)C=CC=C1CN=C(Cl)N=C1Cl. The number of methoxy groups -OCH3 is 1. The average Bonchev–Trinajstić information content (AvgIpc) is 2.21. The molecule has 1 atom stereocenters. The van der Waals surface area contributed by atoms with Gasteiger partial charge >= 0.3 is 0 Å². The van der Waals surface area contributed by atoms with Crippen LogP contribution in [0.2, 0.25) is 0 Å². The van der Waals surface area contributed by atoms with Crippen molar-refractivity contribution in [1.29, 1.82) is 0 Å². The maximum atomic E-state index is 5.88. The number of hydrogen-bond acceptors (Lipinski definition) is 3. The Hall–Kier alpha value is -0.640. The van der Waals surface area contributed by atoms with Crippen molar-refractivity contribution < 1.29 is 4.74 Å². The van der Waals surface area contributed by atoms with Crippen LogP contribution in [0.4, 0.5) is 0 Å². The Morgan fingerprint density at radius 1 is 1.47 bits per heavy atom. The highest BCUT2D eigenvalue weighted by Crippen LogP contribution is 2.11. The zero-order valence-corrected chi connectivity index (χ0v) is 10.1. The van der Waals surface area contributed by atoms with Gasteiger partial charge in [0.1, 0.15) is 5.17 Å². The Balaban J connectivity index is 2.63. The van der Waals surface area contributed by atoms with Crippen molar-refractivity contribution in [3.63, 3.8) is 0 Å². The van der Waals surface area contributed by atoms with Crippen LogP contribution in [0.15, 0.2) is 33.8 Å². The summed E-state index contributed by atoms with van der Waals surface area (Å²) < 4.78 is 5.06. The lowest BCUT2D eigenvalue weighted by Gasteiger charge is -2.06. The van der Waals surface area contributed by atoms with Crippen LogP contribution in [0.1, 0.15) is 6.92 Å². The number of ether oxygens (including phenoxy) is 1. The van der Waals surface area contributed by atoms with E-state index in [0.29, 0.717) is 11.7 Å². The molecule has 0 saturated heterocycles. The van der Waals surface area contributed by atoms with Crippen LogP contribution >= 0.6 is 23.2 Å². The van der Waals surface area contributed by atoms with Crippen molar-refractivity contribution in [2.75, 3.05) is 13.7 Å². The molecule has 1 heterocycles. The van der Waals surface area contributed by atoms with Crippen LogP contribution < -0.4 is 0 Å². The Morgan fingerprint density at radius 2 is 2.20 bits per heavy atom. The third kappa shape index (κ3) is 4.16. The minimum atomic E-state index is 0.0771. The highest BCUT2D eigenvalue weighted by atomic mass is 35.5. The first-order valence-electron chi connectivity index (χ1n) is 4.48. The lowest BCUT2D eigenvalue weighted by Crippen LogP contribution is -2.07. The Bertz CT molecular complexity index is 345. The topological polar surface area (TPSA) is 34.0 Å². The van der Waals surface area contributed by atoms with E-state index in [0.717, 1.165) is 5.57 Å². The van der Waals surface area contributed by atoms with E-state index in [1.807, 2.05) is 25.2 Å². The Labute approximate surface area is 99.1 Å². The van der Waals surface area contributed by atoms with Gasteiger partial charge in [0.05, 0.1) is 12.6 Å². The van der Waals surface area contributed by atoms with E-state index in [2.05, 4.69) is 9.98 Å². The molecule has 0 radical (unpaired) electrons. The summed E-state index contributed by atoms with van der Waals surface area (Å²) in [5, 5.41) is 0.594. The summed E-state index contributed by atoms with van der Waals surface area (Å²) in [6.07, 6.45) is 5.72. The summed E-state index contributed by atoms with van der Waals surface area (Å²) in [4.78, 5) is 7.80. The van der Waals surface area contributed by atoms with Gasteiger partial charge in [0.15, 0.2) is 0 Å². The van der Waals surface area contributed by atoms with Gasteiger partial charge in [-0.15, -0.1) is 0 Å². The van der Waals surface area contributed by atoms with Crippen molar-refractivity contribution in [3.8, 4) is 0 Å². The van der Waals surface area contributed by atoms with Crippen molar-refractivity contribution in [3.05, 3.63) is 23.8 Å². The predicted molar refractivity (Wildman–Crippen MR) is 65.1 cm³/mol. The quantitative estimate of drug-likeness (QED) is 0.706. The van der Waals surface area contributed by atoms with E-state index in [4.69, 9.17) is 27.9 Å². The van der Waals surface area contributed by atoms with Gasteiger partial charge in [0.25, 0.3) is 0 Å². The number of aliphatic imine (C=N–C) groups is 2. The molecule has 0 aromatic heterocycles. The summed E-state index contributed by atoms with van der Waals surface area (Å²) in [6.45, 7) is 2.41. The molecule has 1 aliphatic heterocycles. The van der Waals surface area contributed by atoms with Crippen LogP contribution in [-0.4, -0.2) is 30.2 Å². The lowest BCUT2D eigenvalue weighted by atomic mass is 10.2. The third-order valence-corrected chi connectivity index (χ3v) is 2.42. The minimum absolute atomic E-state index is 0.0771. The second-order valence-corrected chi connectivity index (χ2v) is 3.70. The van der Waals surface area contributed by atoms with Crippen molar-refractivity contribution in [2.24, 2.45) is 9.98 Å². The molecule has 82 valence electrons. The van der Waals surface area contributed by atoms with Gasteiger partial charge in [-0.2, -0.15) is 0 Å². The largest absolute Gasteiger partial charge is 0.378 e. The van der Waals surface area contributed by atoms with Gasteiger partial charge in [0.2, 0.25) is 5.29 Å². The summed E-state index contributed by atoms with van der Waals surface area (Å²) in [5.74, 6) is 0. The van der Waals surface area contributed by atoms with Crippen LogP contribution in [0.25, 0.3) is 0 Å². The molecule has 0 aliphatic carbocycles. The highest BCUT2D eigenvalue weighted by Gasteiger charge is 2.09. The molecule has 0 bridgehead atoms. The maximum absolute atomic E-state index is 5.88. The Kier molecular flexibility index (Phi) is 5.02. The monoisotopic (exact) mass is 246 g/mol. The van der Waals surface area contributed by atoms with Gasteiger partial charge < -0.3 is 4.74 Å². The van der Waals surface area contributed by atoms with E-state index in [-0.39, 0.29) is 11.4 Å². The first-order chi connectivity index (χ1) is 7.13. The van der Waals surface area contributed by atoms with Gasteiger partial charge in [-0.3, -0.25) is 4.99 Å². The van der Waals surface area contributed by atoms with Crippen LogP contribution in [0, 0.1) is 0 Å². The first-order valence-corrected chi connectivity index (χ1v) is 5.23. The number of hydrogen-bond donors (Lipinski definition) is 0. The van der Waals surface area contributed by atoms with Crippen molar-refractivity contribution >= 4 is 33.7 Å². The molecule has 0 amide bonds. The fourth-order valence-corrected chi connectivity index (χ4v) is 1.32. The average molecular weight is 247 g/mol. The summed E-state index contributed by atoms with van der Waals surface area (Å²) >= 11 is 11.5. The fraction of sp³-hybridized carbons (Fsp3) is 0.400. The molecule has 0 spiro atoms. The minimum Gasteiger partial charge on any atom is -0.378 e. The zero-order chi connectivity index (χ0) is 11.3. The summed E-state index contributed by atoms with van der Waals surface area (Å²) in [6, 6.07) is 0. The first kappa shape index (κ1) is 12.4. The summed E-state index contributed by atoms with van der Waals surface area (Å²) in [7, 11) is 1.65. The zero-order valence-electron chi connectivity index (χ0n) is 8.58. The lowest BCUT2D eigenvalue weighted by molar-refractivity contribution is 0.156. The van der Waals surface area contributed by atoms with Crippen LogP contribution in [-0.2, 0) is 4.74 Å². The van der Waals surface area contributed by atoms with E-state index in [9.17, 15) is 0 Å². The molecular weight excluding hydrogens is 235 g/mol. The number of allylic oxidation sites excluding steroid dienone is 2. The normalized spacial score (nSPS) is 21.7. The smallest absolute Gasteiger partial charge is 0.219 e. The van der Waals surface area contributed by atoms with E-state index in [1.165, 1.54) is 0 Å². The molecule has 5 heteroatoms. The number of rotatable bonds is 3. The van der Waals surface area contributed by atoms with Crippen molar-refractivity contribution in [1.82, 2.24) is 0 Å². The molecule has 1 aliphatic rings. The second-order valence-electron chi connectivity index (χ2n) is 3.01. The van der Waals surface area contributed by atoms with Gasteiger partial charge in [-0.25, -0.2) is 4.99 Å². The second kappa shape index (κ2) is 6.05. The van der Waals surface area contributed by atoms with E-state index < -0.39 is 0 Å². The Morgan fingerprint density at radius 3 is 2.80 bits per heavy atom. The van der Waals surface area contributed by atoms with Gasteiger partial charge in [-0.05, 0) is 18.5 Å². The fourth-order valence-electron chi connectivity index (χ4n) is 0.932. The third-order valence-electron chi connectivity index (χ3n) is 1.89. The van der Waals surface area contributed by atoms with Gasteiger partial charge in [0, 0.05) is 12.7 Å². The highest BCUT2D eigenvalue weighted by molar-refractivity contribution is 6.74. The van der Waals surface area contributed by atoms with Crippen molar-refractivity contribution in [2.45, 2.75) is 13.0 Å².